The monoisotopic (exact) mass is 286 g/mol. The summed E-state index contributed by atoms with van der Waals surface area (Å²) < 4.78 is 1.43. The molecule has 1 heterocycles. The van der Waals surface area contributed by atoms with Crippen molar-refractivity contribution >= 4 is 49.1 Å². The minimum Gasteiger partial charge on any atom is -0.138 e. The fourth-order valence-electron chi connectivity index (χ4n) is 1.53. The molecule has 1 aromatic carbocycles. The number of rotatable bonds is 2. The second-order valence-electron chi connectivity index (χ2n) is 3.23. The summed E-state index contributed by atoms with van der Waals surface area (Å²) in [5.41, 5.74) is 1.35. The van der Waals surface area contributed by atoms with E-state index in [1.165, 1.54) is 25.4 Å². The molecule has 2 aromatic rings. The molecule has 3 heteroatoms. The highest BCUT2D eigenvalue weighted by molar-refractivity contribution is 9.08. The van der Waals surface area contributed by atoms with Crippen molar-refractivity contribution in [1.82, 2.24) is 0 Å². The number of alkyl halides is 1. The van der Waals surface area contributed by atoms with Crippen LogP contribution in [0.2, 0.25) is 0 Å². The number of halogens is 1. The Morgan fingerprint density at radius 3 is 2.79 bits per heavy atom. The molecule has 0 saturated carbocycles. The second-order valence-corrected chi connectivity index (χ2v) is 5.78. The van der Waals surface area contributed by atoms with Crippen LogP contribution in [0.5, 0.6) is 0 Å². The van der Waals surface area contributed by atoms with Gasteiger partial charge in [0, 0.05) is 19.8 Å². The van der Waals surface area contributed by atoms with E-state index in [0.717, 1.165) is 5.33 Å². The SMILES string of the molecule is CSc1cc(C)cc2cc(CBr)sc12. The number of hydrogen-bond acceptors (Lipinski definition) is 2. The third kappa shape index (κ3) is 1.86. The molecule has 0 nitrogen and oxygen atoms in total. The largest absolute Gasteiger partial charge is 0.138 e. The lowest BCUT2D eigenvalue weighted by atomic mass is 10.2. The topological polar surface area (TPSA) is 0 Å². The number of hydrogen-bond donors (Lipinski definition) is 0. The lowest BCUT2D eigenvalue weighted by molar-refractivity contribution is 1.43. The third-order valence-corrected chi connectivity index (χ3v) is 5.18. The highest BCUT2D eigenvalue weighted by Crippen LogP contribution is 2.35. The Balaban J connectivity index is 2.71. The van der Waals surface area contributed by atoms with E-state index in [2.05, 4.69) is 47.3 Å². The van der Waals surface area contributed by atoms with Crippen molar-refractivity contribution in [1.29, 1.82) is 0 Å². The fourth-order valence-corrected chi connectivity index (χ4v) is 3.92. The predicted octanol–water partition coefficient (Wildman–Crippen LogP) is 4.83. The second kappa shape index (κ2) is 4.25. The Morgan fingerprint density at radius 1 is 1.36 bits per heavy atom. The van der Waals surface area contributed by atoms with Gasteiger partial charge in [0.1, 0.15) is 0 Å². The van der Waals surface area contributed by atoms with Crippen LogP contribution in [0.25, 0.3) is 10.1 Å². The molecular weight excluding hydrogens is 276 g/mol. The van der Waals surface area contributed by atoms with E-state index in [-0.39, 0.29) is 0 Å². The summed E-state index contributed by atoms with van der Waals surface area (Å²) in [5.74, 6) is 0. The average Bonchev–Trinajstić information content (AvgIpc) is 2.59. The van der Waals surface area contributed by atoms with Crippen LogP contribution in [0.3, 0.4) is 0 Å². The first-order valence-corrected chi connectivity index (χ1v) is 7.54. The molecule has 0 atom stereocenters. The molecule has 0 aliphatic rings. The van der Waals surface area contributed by atoms with E-state index in [9.17, 15) is 0 Å². The van der Waals surface area contributed by atoms with Crippen LogP contribution >= 0.6 is 39.0 Å². The molecule has 1 aromatic heterocycles. The van der Waals surface area contributed by atoms with E-state index in [4.69, 9.17) is 0 Å². The van der Waals surface area contributed by atoms with E-state index in [0.29, 0.717) is 0 Å². The van der Waals surface area contributed by atoms with Gasteiger partial charge in [-0.2, -0.15) is 0 Å². The summed E-state index contributed by atoms with van der Waals surface area (Å²) in [6.45, 7) is 2.16. The van der Waals surface area contributed by atoms with Crippen molar-refractivity contribution in [2.45, 2.75) is 17.1 Å². The first-order valence-electron chi connectivity index (χ1n) is 4.37. The molecule has 0 aliphatic heterocycles. The van der Waals surface area contributed by atoms with Crippen LogP contribution in [0.15, 0.2) is 23.1 Å². The Morgan fingerprint density at radius 2 is 2.14 bits per heavy atom. The standard InChI is InChI=1S/C11H11BrS2/c1-7-3-8-5-9(6-12)14-11(8)10(4-7)13-2/h3-5H,6H2,1-2H3. The van der Waals surface area contributed by atoms with Gasteiger partial charge in [0.05, 0.1) is 0 Å². The molecule has 0 amide bonds. The zero-order chi connectivity index (χ0) is 10.1. The number of benzene rings is 1. The number of thioether (sulfide) groups is 1. The molecule has 2 rings (SSSR count). The van der Waals surface area contributed by atoms with E-state index < -0.39 is 0 Å². The first kappa shape index (κ1) is 10.5. The third-order valence-electron chi connectivity index (χ3n) is 2.13. The number of fused-ring (bicyclic) bond motifs is 1. The van der Waals surface area contributed by atoms with Crippen LogP contribution in [0, 0.1) is 6.92 Å². The molecule has 0 aliphatic carbocycles. The number of thiophene rings is 1. The van der Waals surface area contributed by atoms with Gasteiger partial charge in [-0.05, 0) is 36.3 Å². The van der Waals surface area contributed by atoms with Gasteiger partial charge in [-0.3, -0.25) is 0 Å². The molecule has 0 saturated heterocycles. The highest BCUT2D eigenvalue weighted by atomic mass is 79.9. The smallest absolute Gasteiger partial charge is 0.0481 e. The predicted molar refractivity (Wildman–Crippen MR) is 71.0 cm³/mol. The van der Waals surface area contributed by atoms with Crippen LogP contribution in [0.1, 0.15) is 10.4 Å². The van der Waals surface area contributed by atoms with Gasteiger partial charge in [0.25, 0.3) is 0 Å². The zero-order valence-corrected chi connectivity index (χ0v) is 11.4. The fraction of sp³-hybridized carbons (Fsp3) is 0.273. The van der Waals surface area contributed by atoms with Gasteiger partial charge in [-0.15, -0.1) is 23.1 Å². The van der Waals surface area contributed by atoms with Gasteiger partial charge in [0.2, 0.25) is 0 Å². The summed E-state index contributed by atoms with van der Waals surface area (Å²) in [5, 5.41) is 2.34. The molecule has 0 unspecified atom stereocenters. The Hall–Kier alpha value is 0.01000. The van der Waals surface area contributed by atoms with Crippen molar-refractivity contribution in [3.63, 3.8) is 0 Å². The van der Waals surface area contributed by atoms with Gasteiger partial charge in [-0.1, -0.05) is 22.0 Å². The maximum atomic E-state index is 3.50. The Kier molecular flexibility index (Phi) is 3.20. The molecule has 0 N–H and O–H groups in total. The minimum atomic E-state index is 0.958. The first-order chi connectivity index (χ1) is 6.74. The van der Waals surface area contributed by atoms with Crippen molar-refractivity contribution in [3.8, 4) is 0 Å². The molecule has 14 heavy (non-hydrogen) atoms. The summed E-state index contributed by atoms with van der Waals surface area (Å²) in [6.07, 6.45) is 2.14. The maximum absolute atomic E-state index is 3.50. The van der Waals surface area contributed by atoms with Gasteiger partial charge >= 0.3 is 0 Å². The van der Waals surface area contributed by atoms with Crippen LogP contribution in [0.4, 0.5) is 0 Å². The molecule has 74 valence electrons. The van der Waals surface area contributed by atoms with Gasteiger partial charge < -0.3 is 0 Å². The molecule has 0 bridgehead atoms. The summed E-state index contributed by atoms with van der Waals surface area (Å²) in [6, 6.07) is 6.81. The highest BCUT2D eigenvalue weighted by Gasteiger charge is 2.06. The van der Waals surface area contributed by atoms with Crippen LogP contribution in [-0.4, -0.2) is 6.26 Å². The van der Waals surface area contributed by atoms with Crippen molar-refractivity contribution in [3.05, 3.63) is 28.6 Å². The van der Waals surface area contributed by atoms with Crippen LogP contribution in [-0.2, 0) is 5.33 Å². The Labute approximate surface area is 101 Å². The molecular formula is C11H11BrS2. The van der Waals surface area contributed by atoms with Gasteiger partial charge in [0.15, 0.2) is 0 Å². The van der Waals surface area contributed by atoms with E-state index in [1.807, 2.05) is 23.1 Å². The lowest BCUT2D eigenvalue weighted by Crippen LogP contribution is -1.74. The van der Waals surface area contributed by atoms with E-state index in [1.54, 1.807) is 0 Å². The quantitative estimate of drug-likeness (QED) is 0.563. The maximum Gasteiger partial charge on any atom is 0.0481 e. The van der Waals surface area contributed by atoms with Crippen molar-refractivity contribution in [2.75, 3.05) is 6.26 Å². The Bertz CT molecular complexity index is 460. The summed E-state index contributed by atoms with van der Waals surface area (Å²) >= 11 is 7.23. The zero-order valence-electron chi connectivity index (χ0n) is 8.13. The minimum absolute atomic E-state index is 0.958. The number of aryl methyl sites for hydroxylation is 1. The summed E-state index contributed by atoms with van der Waals surface area (Å²) in [7, 11) is 0. The molecule has 0 fully saturated rings. The van der Waals surface area contributed by atoms with Gasteiger partial charge in [-0.25, -0.2) is 0 Å². The van der Waals surface area contributed by atoms with Crippen molar-refractivity contribution < 1.29 is 0 Å². The average molecular weight is 287 g/mol. The summed E-state index contributed by atoms with van der Waals surface area (Å²) in [4.78, 5) is 2.80. The molecule has 0 radical (unpaired) electrons. The van der Waals surface area contributed by atoms with Crippen LogP contribution < -0.4 is 0 Å². The normalized spacial score (nSPS) is 11.1. The van der Waals surface area contributed by atoms with E-state index >= 15 is 0 Å². The molecule has 0 spiro atoms. The lowest BCUT2D eigenvalue weighted by Gasteiger charge is -2.00. The van der Waals surface area contributed by atoms with Crippen molar-refractivity contribution in [2.24, 2.45) is 0 Å².